The average molecular weight is 685 g/mol. The molecule has 9 nitrogen and oxygen atoms in total. The number of nitrogens with one attached hydrogen (secondary N) is 1. The number of aromatic hydroxyl groups is 1. The third-order valence-electron chi connectivity index (χ3n) is 8.90. The summed E-state index contributed by atoms with van der Waals surface area (Å²) in [6, 6.07) is 21.7. The summed E-state index contributed by atoms with van der Waals surface area (Å²) in [6.07, 6.45) is 1.50. The second kappa shape index (κ2) is 13.3. The van der Waals surface area contributed by atoms with Crippen molar-refractivity contribution in [2.24, 2.45) is 5.41 Å². The Labute approximate surface area is 285 Å². The van der Waals surface area contributed by atoms with Gasteiger partial charge in [-0.25, -0.2) is 12.8 Å². The third kappa shape index (κ3) is 6.58. The molecule has 0 saturated carbocycles. The number of rotatable bonds is 9. The molecule has 49 heavy (non-hydrogen) atoms. The highest BCUT2D eigenvalue weighted by molar-refractivity contribution is 7.95. The number of anilines is 2. The van der Waals surface area contributed by atoms with Crippen LogP contribution in [0.3, 0.4) is 0 Å². The van der Waals surface area contributed by atoms with Crippen LogP contribution in [-0.2, 0) is 27.7 Å². The fourth-order valence-corrected chi connectivity index (χ4v) is 8.78. The molecule has 0 radical (unpaired) electrons. The number of allylic oxidation sites excluding steroid dienone is 2. The highest BCUT2D eigenvalue weighted by Gasteiger charge is 2.48. The average Bonchev–Trinajstić information content (AvgIpc) is 3.23. The smallest absolute Gasteiger partial charge is 0.232 e. The number of sulfone groups is 1. The number of nitrogens with zero attached hydrogens (tertiary/aromatic N) is 1. The first-order chi connectivity index (χ1) is 23.5. The van der Waals surface area contributed by atoms with Crippen LogP contribution in [0.15, 0.2) is 108 Å². The minimum Gasteiger partial charge on any atom is -0.506 e. The largest absolute Gasteiger partial charge is 0.506 e. The van der Waals surface area contributed by atoms with Crippen molar-refractivity contribution in [1.29, 1.82) is 0 Å². The molecule has 6 rings (SSSR count). The van der Waals surface area contributed by atoms with Gasteiger partial charge in [-0.05, 0) is 54.4 Å². The summed E-state index contributed by atoms with van der Waals surface area (Å²) in [5.41, 5.74) is 0.945. The van der Waals surface area contributed by atoms with E-state index in [0.717, 1.165) is 5.56 Å². The number of amides is 1. The monoisotopic (exact) mass is 684 g/mol. The molecule has 4 aromatic rings. The first kappa shape index (κ1) is 33.6. The van der Waals surface area contributed by atoms with Crippen LogP contribution in [0.2, 0.25) is 0 Å². The maximum atomic E-state index is 16.5. The Morgan fingerprint density at radius 3 is 2.49 bits per heavy atom. The number of carbonyl (C=O) groups is 1. The highest BCUT2D eigenvalue weighted by atomic mass is 32.2. The standard InChI is InChI=1S/C38H37FN2O7S/c1-5-38(2)21-30-37(49(44,45)23-38)36(28-16-14-27(20-29(28)39)48-22-24-10-7-6-8-11-24)41(31-12-9-13-32(42)35(31)40-30)34(43)19-25-18-26(46-3)15-17-33(25)47-4/h5-18,20,36,40,42H,1,19,21-23H2,2-4H3. The number of para-hydroxylation sites is 1. The molecule has 2 N–H and O–H groups in total. The van der Waals surface area contributed by atoms with Gasteiger partial charge in [-0.15, -0.1) is 6.58 Å². The summed E-state index contributed by atoms with van der Waals surface area (Å²) in [7, 11) is -1.19. The van der Waals surface area contributed by atoms with Gasteiger partial charge in [0.25, 0.3) is 0 Å². The fraction of sp³-hybridized carbons (Fsp3) is 0.237. The topological polar surface area (TPSA) is 114 Å². The zero-order valence-electron chi connectivity index (χ0n) is 27.4. The predicted molar refractivity (Wildman–Crippen MR) is 186 cm³/mol. The minimum absolute atomic E-state index is 0.0608. The zero-order chi connectivity index (χ0) is 34.9. The van der Waals surface area contributed by atoms with Crippen LogP contribution in [0, 0.1) is 11.2 Å². The number of carbonyl (C=O) groups excluding carboxylic acids is 1. The Morgan fingerprint density at radius 2 is 1.80 bits per heavy atom. The lowest BCUT2D eigenvalue weighted by atomic mass is 9.86. The van der Waals surface area contributed by atoms with Crippen LogP contribution in [0.5, 0.6) is 23.0 Å². The van der Waals surface area contributed by atoms with Gasteiger partial charge in [0.1, 0.15) is 47.2 Å². The number of methoxy groups -OCH3 is 2. The zero-order valence-corrected chi connectivity index (χ0v) is 28.2. The Balaban J connectivity index is 1.54. The summed E-state index contributed by atoms with van der Waals surface area (Å²) in [4.78, 5) is 15.8. The van der Waals surface area contributed by atoms with Gasteiger partial charge in [-0.1, -0.05) is 49.4 Å². The molecule has 2 aliphatic heterocycles. The number of phenols is 1. The van der Waals surface area contributed by atoms with E-state index in [1.165, 1.54) is 37.3 Å². The van der Waals surface area contributed by atoms with E-state index in [1.807, 2.05) is 30.3 Å². The number of halogens is 1. The molecule has 0 aromatic heterocycles. The van der Waals surface area contributed by atoms with Crippen molar-refractivity contribution in [3.05, 3.63) is 131 Å². The Morgan fingerprint density at radius 1 is 1.04 bits per heavy atom. The van der Waals surface area contributed by atoms with Crippen LogP contribution >= 0.6 is 0 Å². The van der Waals surface area contributed by atoms with Crippen molar-refractivity contribution in [1.82, 2.24) is 0 Å². The number of hydrogen-bond donors (Lipinski definition) is 2. The molecule has 11 heteroatoms. The van der Waals surface area contributed by atoms with E-state index in [0.29, 0.717) is 17.1 Å². The molecular formula is C38H37FN2O7S. The molecular weight excluding hydrogens is 647 g/mol. The molecule has 1 amide bonds. The van der Waals surface area contributed by atoms with Gasteiger partial charge in [-0.3, -0.25) is 9.69 Å². The van der Waals surface area contributed by atoms with E-state index >= 15 is 4.39 Å². The fourth-order valence-electron chi connectivity index (χ4n) is 6.47. The van der Waals surface area contributed by atoms with Gasteiger partial charge in [0, 0.05) is 28.3 Å². The highest BCUT2D eigenvalue weighted by Crippen LogP contribution is 2.52. The Kier molecular flexibility index (Phi) is 9.13. The van der Waals surface area contributed by atoms with Gasteiger partial charge in [-0.2, -0.15) is 0 Å². The maximum Gasteiger partial charge on any atom is 0.232 e. The SMILES string of the molecule is C=CC1(C)CC2=C(C(c3ccc(OCc4ccccc4)cc3F)N(C(=O)Cc3cc(OC)ccc3OC)c3cccc(O)c3N2)S(=O)(=O)C1. The second-order valence-corrected chi connectivity index (χ2v) is 14.4. The molecule has 2 heterocycles. The van der Waals surface area contributed by atoms with Crippen molar-refractivity contribution >= 4 is 27.1 Å². The van der Waals surface area contributed by atoms with E-state index in [1.54, 1.807) is 49.4 Å². The van der Waals surface area contributed by atoms with Gasteiger partial charge in [0.2, 0.25) is 5.91 Å². The summed E-state index contributed by atoms with van der Waals surface area (Å²) in [6.45, 7) is 5.84. The lowest BCUT2D eigenvalue weighted by molar-refractivity contribution is -0.118. The molecule has 2 atom stereocenters. The third-order valence-corrected chi connectivity index (χ3v) is 11.1. The van der Waals surface area contributed by atoms with E-state index < -0.39 is 33.0 Å². The van der Waals surface area contributed by atoms with E-state index in [9.17, 15) is 18.3 Å². The van der Waals surface area contributed by atoms with Crippen molar-refractivity contribution in [2.75, 3.05) is 30.2 Å². The normalized spacial score (nSPS) is 19.5. The summed E-state index contributed by atoms with van der Waals surface area (Å²) in [5.74, 6) is -0.743. The number of ether oxygens (including phenoxy) is 3. The predicted octanol–water partition coefficient (Wildman–Crippen LogP) is 7.09. The van der Waals surface area contributed by atoms with Crippen molar-refractivity contribution in [3.63, 3.8) is 0 Å². The van der Waals surface area contributed by atoms with E-state index in [4.69, 9.17) is 14.2 Å². The van der Waals surface area contributed by atoms with Crippen LogP contribution in [0.1, 0.15) is 36.1 Å². The molecule has 0 bridgehead atoms. The minimum atomic E-state index is -4.16. The molecule has 0 spiro atoms. The summed E-state index contributed by atoms with van der Waals surface area (Å²) < 4.78 is 62.1. The second-order valence-electron chi connectivity index (χ2n) is 12.4. The number of fused-ring (bicyclic) bond motifs is 1. The first-order valence-electron chi connectivity index (χ1n) is 15.6. The number of benzene rings is 4. The molecule has 4 aromatic carbocycles. The molecule has 0 saturated heterocycles. The Bertz CT molecular complexity index is 2070. The van der Waals surface area contributed by atoms with Crippen LogP contribution in [0.25, 0.3) is 0 Å². The lowest BCUT2D eigenvalue weighted by Gasteiger charge is -2.38. The van der Waals surface area contributed by atoms with Crippen molar-refractivity contribution in [3.8, 4) is 23.0 Å². The number of phenolic OH excluding ortho intramolecular Hbond substituents is 1. The quantitative estimate of drug-likeness (QED) is 0.142. The first-order valence-corrected chi connectivity index (χ1v) is 17.3. The number of hydrogen-bond acceptors (Lipinski definition) is 8. The van der Waals surface area contributed by atoms with Gasteiger partial charge >= 0.3 is 0 Å². The van der Waals surface area contributed by atoms with Crippen molar-refractivity contribution in [2.45, 2.75) is 32.4 Å². The van der Waals surface area contributed by atoms with Gasteiger partial charge in [0.05, 0.1) is 37.0 Å². The van der Waals surface area contributed by atoms with Crippen LogP contribution < -0.4 is 24.4 Å². The molecule has 254 valence electrons. The summed E-state index contributed by atoms with van der Waals surface area (Å²) in [5, 5.41) is 14.3. The van der Waals surface area contributed by atoms with Crippen molar-refractivity contribution < 1.29 is 36.9 Å². The van der Waals surface area contributed by atoms with Gasteiger partial charge < -0.3 is 24.6 Å². The van der Waals surface area contributed by atoms with E-state index in [-0.39, 0.29) is 64.2 Å². The Hall–Kier alpha value is -5.29. The molecule has 2 aliphatic rings. The van der Waals surface area contributed by atoms with E-state index in [2.05, 4.69) is 11.9 Å². The lowest BCUT2D eigenvalue weighted by Crippen LogP contribution is -2.42. The molecule has 2 unspecified atom stereocenters. The summed E-state index contributed by atoms with van der Waals surface area (Å²) >= 11 is 0. The van der Waals surface area contributed by atoms with Crippen LogP contribution in [0.4, 0.5) is 15.8 Å². The van der Waals surface area contributed by atoms with Crippen LogP contribution in [-0.4, -0.2) is 39.4 Å². The molecule has 0 aliphatic carbocycles. The van der Waals surface area contributed by atoms with Gasteiger partial charge in [0.15, 0.2) is 9.84 Å². The molecule has 0 fully saturated rings. The maximum absolute atomic E-state index is 16.5.